The van der Waals surface area contributed by atoms with Crippen LogP contribution in [0.15, 0.2) is 18.2 Å². The van der Waals surface area contributed by atoms with Crippen molar-refractivity contribution in [2.45, 2.75) is 33.3 Å². The number of carbonyl (C=O) groups is 1. The average molecular weight is 265 g/mol. The van der Waals surface area contributed by atoms with Crippen LogP contribution >= 0.6 is 0 Å². The molecule has 0 fully saturated rings. The van der Waals surface area contributed by atoms with Crippen molar-refractivity contribution in [3.8, 4) is 5.75 Å². The number of hydrogen-bond donors (Lipinski definition) is 3. The molecule has 1 rings (SSSR count). The number of carbonyl (C=O) groups excluding carboxylic acids is 1. The second kappa shape index (κ2) is 7.51. The molecule has 0 aliphatic heterocycles. The average Bonchev–Trinajstić information content (AvgIpc) is 2.33. The van der Waals surface area contributed by atoms with E-state index in [0.29, 0.717) is 30.9 Å². The van der Waals surface area contributed by atoms with Crippen LogP contribution in [0.2, 0.25) is 0 Å². The van der Waals surface area contributed by atoms with Gasteiger partial charge >= 0.3 is 0 Å². The van der Waals surface area contributed by atoms with E-state index in [2.05, 4.69) is 10.6 Å². The van der Waals surface area contributed by atoms with Crippen LogP contribution in [0.1, 0.15) is 27.2 Å². The Balaban J connectivity index is 2.52. The fraction of sp³-hybridized carbons (Fsp3) is 0.500. The largest absolute Gasteiger partial charge is 0.489 e. The maximum absolute atomic E-state index is 11.3. The van der Waals surface area contributed by atoms with Crippen molar-refractivity contribution in [3.63, 3.8) is 0 Å². The molecule has 4 N–H and O–H groups in total. The van der Waals surface area contributed by atoms with Crippen molar-refractivity contribution in [3.05, 3.63) is 18.2 Å². The summed E-state index contributed by atoms with van der Waals surface area (Å²) < 4.78 is 5.61. The maximum atomic E-state index is 11.3. The Morgan fingerprint density at radius 3 is 2.79 bits per heavy atom. The fourth-order valence-corrected chi connectivity index (χ4v) is 1.61. The predicted molar refractivity (Wildman–Crippen MR) is 78.4 cm³/mol. The summed E-state index contributed by atoms with van der Waals surface area (Å²) in [4.78, 5) is 11.3. The Hall–Kier alpha value is -1.91. The Morgan fingerprint density at radius 2 is 2.16 bits per heavy atom. The molecule has 0 aliphatic carbocycles. The highest BCUT2D eigenvalue weighted by molar-refractivity contribution is 5.76. The third kappa shape index (κ3) is 5.50. The molecule has 5 heteroatoms. The fourth-order valence-electron chi connectivity index (χ4n) is 1.61. The van der Waals surface area contributed by atoms with Crippen molar-refractivity contribution in [1.29, 1.82) is 0 Å². The molecule has 0 unspecified atom stereocenters. The van der Waals surface area contributed by atoms with Crippen LogP contribution < -0.4 is 21.1 Å². The van der Waals surface area contributed by atoms with E-state index in [9.17, 15) is 4.79 Å². The summed E-state index contributed by atoms with van der Waals surface area (Å²) >= 11 is 0. The van der Waals surface area contributed by atoms with Gasteiger partial charge < -0.3 is 21.1 Å². The molecule has 0 saturated carbocycles. The first-order chi connectivity index (χ1) is 9.02. The second-order valence-electron chi connectivity index (χ2n) is 4.55. The summed E-state index contributed by atoms with van der Waals surface area (Å²) in [6.45, 7) is 7.05. The second-order valence-corrected chi connectivity index (χ2v) is 4.55. The molecule has 0 spiro atoms. The Labute approximate surface area is 114 Å². The zero-order valence-electron chi connectivity index (χ0n) is 11.8. The van der Waals surface area contributed by atoms with Crippen LogP contribution in [0.4, 0.5) is 11.4 Å². The van der Waals surface area contributed by atoms with Crippen LogP contribution in [-0.2, 0) is 4.79 Å². The van der Waals surface area contributed by atoms with Gasteiger partial charge in [-0.05, 0) is 32.9 Å². The van der Waals surface area contributed by atoms with E-state index in [0.717, 1.165) is 5.69 Å². The zero-order chi connectivity index (χ0) is 14.3. The quantitative estimate of drug-likeness (QED) is 0.659. The number of nitrogens with one attached hydrogen (secondary N) is 2. The molecular weight excluding hydrogens is 242 g/mol. The normalized spacial score (nSPS) is 10.3. The van der Waals surface area contributed by atoms with Gasteiger partial charge in [0, 0.05) is 31.3 Å². The number of nitrogens with two attached hydrogens (primary N) is 1. The van der Waals surface area contributed by atoms with Gasteiger partial charge in [-0.25, -0.2) is 0 Å². The molecule has 19 heavy (non-hydrogen) atoms. The van der Waals surface area contributed by atoms with Gasteiger partial charge in [0.05, 0.1) is 11.8 Å². The summed E-state index contributed by atoms with van der Waals surface area (Å²) in [5.41, 5.74) is 7.35. The zero-order valence-corrected chi connectivity index (χ0v) is 11.8. The highest BCUT2D eigenvalue weighted by atomic mass is 16.5. The summed E-state index contributed by atoms with van der Waals surface area (Å²) in [5, 5.41) is 5.93. The Morgan fingerprint density at radius 1 is 1.42 bits per heavy atom. The van der Waals surface area contributed by atoms with Gasteiger partial charge in [0.1, 0.15) is 5.75 Å². The maximum Gasteiger partial charge on any atom is 0.221 e. The van der Waals surface area contributed by atoms with Crippen LogP contribution in [-0.4, -0.2) is 25.1 Å². The van der Waals surface area contributed by atoms with Crippen molar-refractivity contribution < 1.29 is 9.53 Å². The summed E-state index contributed by atoms with van der Waals surface area (Å²) in [6.07, 6.45) is 0.520. The molecule has 1 aromatic carbocycles. The smallest absolute Gasteiger partial charge is 0.221 e. The van der Waals surface area contributed by atoms with E-state index in [1.807, 2.05) is 32.9 Å². The molecule has 0 bridgehead atoms. The van der Waals surface area contributed by atoms with Crippen molar-refractivity contribution in [2.24, 2.45) is 0 Å². The topological polar surface area (TPSA) is 76.4 Å². The number of hydrogen-bond acceptors (Lipinski definition) is 4. The summed E-state index contributed by atoms with van der Waals surface area (Å²) in [5.74, 6) is 0.710. The molecule has 0 radical (unpaired) electrons. The van der Waals surface area contributed by atoms with Gasteiger partial charge in [-0.1, -0.05) is 0 Å². The molecular formula is C14H23N3O2. The lowest BCUT2D eigenvalue weighted by Gasteiger charge is -2.14. The minimum Gasteiger partial charge on any atom is -0.489 e. The lowest BCUT2D eigenvalue weighted by Crippen LogP contribution is -2.24. The monoisotopic (exact) mass is 265 g/mol. The predicted octanol–water partition coefficient (Wildman–Crippen LogP) is 1.99. The molecule has 106 valence electrons. The van der Waals surface area contributed by atoms with E-state index in [1.165, 1.54) is 0 Å². The first kappa shape index (κ1) is 15.1. The number of ether oxygens (including phenoxy) is 1. The molecule has 1 aromatic rings. The molecule has 0 aromatic heterocycles. The lowest BCUT2D eigenvalue weighted by molar-refractivity contribution is -0.120. The van der Waals surface area contributed by atoms with Gasteiger partial charge in [0.15, 0.2) is 0 Å². The third-order valence-electron chi connectivity index (χ3n) is 2.43. The molecule has 0 saturated heterocycles. The number of amides is 1. The van der Waals surface area contributed by atoms with E-state index >= 15 is 0 Å². The first-order valence-electron chi connectivity index (χ1n) is 6.59. The minimum atomic E-state index is 0.0455. The number of benzene rings is 1. The molecule has 5 nitrogen and oxygen atoms in total. The Bertz CT molecular complexity index is 419. The Kier molecular flexibility index (Phi) is 5.99. The summed E-state index contributed by atoms with van der Waals surface area (Å²) in [6, 6.07) is 5.53. The van der Waals surface area contributed by atoms with Crippen LogP contribution in [0.5, 0.6) is 5.75 Å². The molecule has 1 amide bonds. The van der Waals surface area contributed by atoms with Gasteiger partial charge in [0.25, 0.3) is 0 Å². The highest BCUT2D eigenvalue weighted by Gasteiger charge is 2.05. The number of anilines is 2. The molecule has 0 heterocycles. The van der Waals surface area contributed by atoms with E-state index in [4.69, 9.17) is 10.5 Å². The van der Waals surface area contributed by atoms with Gasteiger partial charge in [-0.15, -0.1) is 0 Å². The molecule has 0 aliphatic rings. The highest BCUT2D eigenvalue weighted by Crippen LogP contribution is 2.26. The van der Waals surface area contributed by atoms with Crippen molar-refractivity contribution in [1.82, 2.24) is 5.32 Å². The van der Waals surface area contributed by atoms with Gasteiger partial charge in [0.2, 0.25) is 5.91 Å². The standard InChI is InChI=1S/C14H23N3O2/c1-4-16-14(18)7-8-17-11-5-6-12(15)13(9-11)19-10(2)3/h5-6,9-10,17H,4,7-8,15H2,1-3H3,(H,16,18). The minimum absolute atomic E-state index is 0.0455. The van der Waals surface area contributed by atoms with Crippen molar-refractivity contribution >= 4 is 17.3 Å². The van der Waals surface area contributed by atoms with Gasteiger partial charge in [-0.3, -0.25) is 4.79 Å². The SMILES string of the molecule is CCNC(=O)CCNc1ccc(N)c(OC(C)C)c1. The van der Waals surface area contributed by atoms with Crippen molar-refractivity contribution in [2.75, 3.05) is 24.1 Å². The lowest BCUT2D eigenvalue weighted by atomic mass is 10.2. The van der Waals surface area contributed by atoms with Crippen LogP contribution in [0.25, 0.3) is 0 Å². The van der Waals surface area contributed by atoms with Crippen LogP contribution in [0.3, 0.4) is 0 Å². The van der Waals surface area contributed by atoms with E-state index < -0.39 is 0 Å². The summed E-state index contributed by atoms with van der Waals surface area (Å²) in [7, 11) is 0. The van der Waals surface area contributed by atoms with Gasteiger partial charge in [-0.2, -0.15) is 0 Å². The molecule has 0 atom stereocenters. The van der Waals surface area contributed by atoms with E-state index in [-0.39, 0.29) is 12.0 Å². The first-order valence-corrected chi connectivity index (χ1v) is 6.59. The third-order valence-corrected chi connectivity index (χ3v) is 2.43. The number of rotatable bonds is 7. The van der Waals surface area contributed by atoms with Crippen LogP contribution in [0, 0.1) is 0 Å². The van der Waals surface area contributed by atoms with E-state index in [1.54, 1.807) is 6.07 Å². The number of nitrogen functional groups attached to an aromatic ring is 1.